The summed E-state index contributed by atoms with van der Waals surface area (Å²) in [4.78, 5) is 14.8. The molecule has 0 aromatic heterocycles. The Kier molecular flexibility index (Phi) is 2.38. The van der Waals surface area contributed by atoms with E-state index in [0.29, 0.717) is 25.0 Å². The summed E-state index contributed by atoms with van der Waals surface area (Å²) in [6.45, 7) is 3.07. The number of carbonyl (C=O) groups is 1. The van der Waals surface area contributed by atoms with E-state index in [0.717, 1.165) is 49.6 Å². The average molecular weight is 277 g/mol. The first-order valence-corrected chi connectivity index (χ1v) is 8.34. The molecule has 3 aliphatic carbocycles. The first-order chi connectivity index (χ1) is 9.77. The van der Waals surface area contributed by atoms with E-state index >= 15 is 0 Å². The van der Waals surface area contributed by atoms with Gasteiger partial charge in [0, 0.05) is 31.8 Å². The SMILES string of the molecule is O=C(C1C2C3CCC(C3)C12)N1CCC2(CC1)OCCO2. The molecule has 20 heavy (non-hydrogen) atoms. The fraction of sp³-hybridized carbons (Fsp3) is 0.938. The number of nitrogens with zero attached hydrogens (tertiary/aromatic N) is 1. The van der Waals surface area contributed by atoms with Crippen LogP contribution in [0.25, 0.3) is 0 Å². The van der Waals surface area contributed by atoms with Crippen LogP contribution < -0.4 is 0 Å². The van der Waals surface area contributed by atoms with E-state index in [1.807, 2.05) is 0 Å². The highest BCUT2D eigenvalue weighted by Crippen LogP contribution is 2.69. The third kappa shape index (κ3) is 1.52. The predicted molar refractivity (Wildman–Crippen MR) is 71.8 cm³/mol. The first kappa shape index (κ1) is 12.0. The molecule has 2 aliphatic heterocycles. The molecule has 2 saturated heterocycles. The van der Waals surface area contributed by atoms with Crippen molar-refractivity contribution in [3.8, 4) is 0 Å². The highest BCUT2D eigenvalue weighted by Gasteiger charge is 2.68. The molecule has 2 bridgehead atoms. The lowest BCUT2D eigenvalue weighted by Crippen LogP contribution is -2.48. The van der Waals surface area contributed by atoms with Gasteiger partial charge in [-0.15, -0.1) is 0 Å². The molecule has 4 unspecified atom stereocenters. The predicted octanol–water partition coefficient (Wildman–Crippen LogP) is 1.64. The zero-order chi connectivity index (χ0) is 13.3. The highest BCUT2D eigenvalue weighted by molar-refractivity contribution is 5.83. The van der Waals surface area contributed by atoms with Crippen molar-refractivity contribution in [2.75, 3.05) is 26.3 Å². The summed E-state index contributed by atoms with van der Waals surface area (Å²) in [6.07, 6.45) is 5.91. The molecule has 5 rings (SSSR count). The maximum Gasteiger partial charge on any atom is 0.226 e. The fourth-order valence-corrected chi connectivity index (χ4v) is 5.72. The van der Waals surface area contributed by atoms with Gasteiger partial charge in [-0.1, -0.05) is 0 Å². The van der Waals surface area contributed by atoms with Gasteiger partial charge >= 0.3 is 0 Å². The van der Waals surface area contributed by atoms with E-state index < -0.39 is 0 Å². The van der Waals surface area contributed by atoms with Crippen molar-refractivity contribution in [3.05, 3.63) is 0 Å². The first-order valence-electron chi connectivity index (χ1n) is 8.34. The van der Waals surface area contributed by atoms with Gasteiger partial charge in [0.25, 0.3) is 0 Å². The maximum absolute atomic E-state index is 12.7. The molecule has 2 heterocycles. The molecule has 1 spiro atoms. The maximum atomic E-state index is 12.7. The Balaban J connectivity index is 1.24. The van der Waals surface area contributed by atoms with Crippen molar-refractivity contribution in [1.29, 1.82) is 0 Å². The molecular weight excluding hydrogens is 254 g/mol. The van der Waals surface area contributed by atoms with Gasteiger partial charge in [0.15, 0.2) is 5.79 Å². The summed E-state index contributed by atoms with van der Waals surface area (Å²) in [5, 5.41) is 0. The average Bonchev–Trinajstić information content (AvgIpc) is 2.85. The lowest BCUT2D eigenvalue weighted by molar-refractivity contribution is -0.188. The second-order valence-corrected chi connectivity index (χ2v) is 7.45. The molecule has 5 fully saturated rings. The topological polar surface area (TPSA) is 38.8 Å². The third-order valence-corrected chi connectivity index (χ3v) is 6.67. The lowest BCUT2D eigenvalue weighted by Gasteiger charge is -2.38. The second kappa shape index (κ2) is 3.98. The van der Waals surface area contributed by atoms with Gasteiger partial charge in [-0.3, -0.25) is 4.79 Å². The van der Waals surface area contributed by atoms with Crippen LogP contribution in [0.1, 0.15) is 32.1 Å². The van der Waals surface area contributed by atoms with Crippen molar-refractivity contribution in [1.82, 2.24) is 4.90 Å². The van der Waals surface area contributed by atoms with Gasteiger partial charge in [0.1, 0.15) is 0 Å². The molecule has 0 aromatic carbocycles. The summed E-state index contributed by atoms with van der Waals surface area (Å²) in [5.41, 5.74) is 0. The van der Waals surface area contributed by atoms with Crippen molar-refractivity contribution >= 4 is 5.91 Å². The van der Waals surface area contributed by atoms with Crippen LogP contribution in [0.15, 0.2) is 0 Å². The molecular formula is C16H23NO3. The Labute approximate surface area is 119 Å². The van der Waals surface area contributed by atoms with E-state index in [1.54, 1.807) is 0 Å². The van der Waals surface area contributed by atoms with E-state index in [1.165, 1.54) is 19.3 Å². The van der Waals surface area contributed by atoms with E-state index in [4.69, 9.17) is 9.47 Å². The van der Waals surface area contributed by atoms with Gasteiger partial charge < -0.3 is 14.4 Å². The number of ether oxygens (including phenoxy) is 2. The molecule has 5 aliphatic rings. The minimum atomic E-state index is -0.352. The van der Waals surface area contributed by atoms with Gasteiger partial charge in [-0.25, -0.2) is 0 Å². The molecule has 4 atom stereocenters. The molecule has 4 heteroatoms. The zero-order valence-electron chi connectivity index (χ0n) is 11.9. The van der Waals surface area contributed by atoms with Crippen LogP contribution in [-0.4, -0.2) is 42.9 Å². The Morgan fingerprint density at radius 1 is 1.00 bits per heavy atom. The van der Waals surface area contributed by atoms with Crippen LogP contribution >= 0.6 is 0 Å². The van der Waals surface area contributed by atoms with Crippen LogP contribution in [0.5, 0.6) is 0 Å². The number of carbonyl (C=O) groups excluding carboxylic acids is 1. The van der Waals surface area contributed by atoms with Crippen molar-refractivity contribution in [2.45, 2.75) is 37.9 Å². The molecule has 0 N–H and O–H groups in total. The van der Waals surface area contributed by atoms with Crippen LogP contribution in [-0.2, 0) is 14.3 Å². The van der Waals surface area contributed by atoms with E-state index in [-0.39, 0.29) is 5.79 Å². The summed E-state index contributed by atoms with van der Waals surface area (Å²) in [7, 11) is 0. The molecule has 1 amide bonds. The summed E-state index contributed by atoms with van der Waals surface area (Å²) < 4.78 is 11.5. The second-order valence-electron chi connectivity index (χ2n) is 7.45. The van der Waals surface area contributed by atoms with Crippen LogP contribution in [0.4, 0.5) is 0 Å². The van der Waals surface area contributed by atoms with Gasteiger partial charge in [0.05, 0.1) is 13.2 Å². The number of hydrogen-bond acceptors (Lipinski definition) is 3. The molecule has 0 radical (unpaired) electrons. The molecule has 3 saturated carbocycles. The highest BCUT2D eigenvalue weighted by atomic mass is 16.7. The lowest BCUT2D eigenvalue weighted by atomic mass is 9.99. The third-order valence-electron chi connectivity index (χ3n) is 6.67. The van der Waals surface area contributed by atoms with Crippen LogP contribution in [0, 0.1) is 29.6 Å². The van der Waals surface area contributed by atoms with Crippen molar-refractivity contribution < 1.29 is 14.3 Å². The monoisotopic (exact) mass is 277 g/mol. The van der Waals surface area contributed by atoms with Gasteiger partial charge in [0.2, 0.25) is 5.91 Å². The number of rotatable bonds is 1. The standard InChI is InChI=1S/C16H23NO3/c18-15(14-12-10-1-2-11(9-10)13(12)14)17-5-3-16(4-6-17)19-7-8-20-16/h10-14H,1-9H2. The number of likely N-dealkylation sites (tertiary alicyclic amines) is 1. The molecule has 0 aromatic rings. The fourth-order valence-electron chi connectivity index (χ4n) is 5.72. The Morgan fingerprint density at radius 3 is 2.20 bits per heavy atom. The smallest absolute Gasteiger partial charge is 0.226 e. The number of piperidine rings is 1. The Hall–Kier alpha value is -0.610. The minimum absolute atomic E-state index is 0.352. The van der Waals surface area contributed by atoms with E-state index in [2.05, 4.69) is 4.90 Å². The molecule has 4 nitrogen and oxygen atoms in total. The van der Waals surface area contributed by atoms with Crippen molar-refractivity contribution in [2.24, 2.45) is 29.6 Å². The quantitative estimate of drug-likeness (QED) is 0.731. The number of amides is 1. The number of fused-ring (bicyclic) bond motifs is 5. The summed E-state index contributed by atoms with van der Waals surface area (Å²) in [5.74, 6) is 3.78. The van der Waals surface area contributed by atoms with Gasteiger partial charge in [-0.05, 0) is 42.9 Å². The number of hydrogen-bond donors (Lipinski definition) is 0. The van der Waals surface area contributed by atoms with Crippen LogP contribution in [0.2, 0.25) is 0 Å². The van der Waals surface area contributed by atoms with Crippen molar-refractivity contribution in [3.63, 3.8) is 0 Å². The Bertz CT molecular complexity index is 419. The zero-order valence-corrected chi connectivity index (χ0v) is 11.9. The summed E-state index contributed by atoms with van der Waals surface area (Å²) in [6, 6.07) is 0. The normalized spacial score (nSPS) is 47.8. The Morgan fingerprint density at radius 2 is 1.60 bits per heavy atom. The summed E-state index contributed by atoms with van der Waals surface area (Å²) >= 11 is 0. The van der Waals surface area contributed by atoms with Gasteiger partial charge in [-0.2, -0.15) is 0 Å². The van der Waals surface area contributed by atoms with E-state index in [9.17, 15) is 4.79 Å². The minimum Gasteiger partial charge on any atom is -0.347 e. The largest absolute Gasteiger partial charge is 0.347 e. The molecule has 110 valence electrons. The van der Waals surface area contributed by atoms with Crippen LogP contribution in [0.3, 0.4) is 0 Å².